The van der Waals surface area contributed by atoms with Crippen molar-refractivity contribution in [2.75, 3.05) is 0 Å². The highest BCUT2D eigenvalue weighted by atomic mass is 16.4. The molecule has 0 amide bonds. The summed E-state index contributed by atoms with van der Waals surface area (Å²) < 4.78 is 5.30. The molecular formula is C19H8N2O2. The summed E-state index contributed by atoms with van der Waals surface area (Å²) in [7, 11) is 0. The Bertz CT molecular complexity index is 1090. The lowest BCUT2D eigenvalue weighted by atomic mass is 10.0. The molecule has 3 rings (SSSR count). The molecule has 0 aliphatic heterocycles. The van der Waals surface area contributed by atoms with Gasteiger partial charge in [0.05, 0.1) is 18.2 Å². The average Bonchev–Trinajstić information content (AvgIpc) is 2.53. The smallest absolute Gasteiger partial charge is 0.342 e. The number of fused-ring (bicyclic) bond motifs is 2. The molecule has 0 bridgehead atoms. The lowest BCUT2D eigenvalue weighted by Crippen LogP contribution is -2.03. The molecule has 0 spiro atoms. The van der Waals surface area contributed by atoms with Gasteiger partial charge in [-0.3, -0.25) is 0 Å². The lowest BCUT2D eigenvalue weighted by Gasteiger charge is -2.04. The molecule has 0 saturated heterocycles. The molecule has 106 valence electrons. The lowest BCUT2D eigenvalue weighted by molar-refractivity contribution is 0.559. The minimum absolute atomic E-state index is 0.168. The van der Waals surface area contributed by atoms with Crippen LogP contribution in [0.25, 0.3) is 28.0 Å². The van der Waals surface area contributed by atoms with Crippen LogP contribution in [-0.2, 0) is 0 Å². The van der Waals surface area contributed by atoms with Crippen LogP contribution in [0.5, 0.6) is 0 Å². The number of hydrogen-bond donors (Lipinski definition) is 0. The summed E-state index contributed by atoms with van der Waals surface area (Å²) in [5.74, 6) is 5.89. The van der Waals surface area contributed by atoms with Crippen LogP contribution in [0.4, 0.5) is 0 Å². The molecule has 4 heteroatoms. The minimum Gasteiger partial charge on any atom is -0.422 e. The van der Waals surface area contributed by atoms with Crippen LogP contribution in [0.3, 0.4) is 0 Å². The summed E-state index contributed by atoms with van der Waals surface area (Å²) in [6, 6.07) is 6.92. The maximum atomic E-state index is 12.0. The summed E-state index contributed by atoms with van der Waals surface area (Å²) in [6.07, 6.45) is 8.61. The second-order valence-corrected chi connectivity index (χ2v) is 4.71. The van der Waals surface area contributed by atoms with E-state index in [1.54, 1.807) is 24.3 Å². The molecule has 2 aromatic rings. The number of rotatable bonds is 1. The average molecular weight is 296 g/mol. The highest BCUT2D eigenvalue weighted by Crippen LogP contribution is 2.22. The van der Waals surface area contributed by atoms with Gasteiger partial charge in [-0.05, 0) is 35.9 Å². The first-order valence-electron chi connectivity index (χ1n) is 6.67. The number of allylic oxidation sites excluding steroid dienone is 4. The van der Waals surface area contributed by atoms with E-state index >= 15 is 0 Å². The fraction of sp³-hybridized carbons (Fsp3) is 0. The predicted molar refractivity (Wildman–Crippen MR) is 87.7 cm³/mol. The van der Waals surface area contributed by atoms with Crippen LogP contribution in [0.2, 0.25) is 0 Å². The summed E-state index contributed by atoms with van der Waals surface area (Å²) in [6.45, 7) is 6.88. The molecule has 1 heterocycles. The Labute approximate surface area is 132 Å². The van der Waals surface area contributed by atoms with Gasteiger partial charge >= 0.3 is 5.63 Å². The third-order valence-corrected chi connectivity index (χ3v) is 3.23. The van der Waals surface area contributed by atoms with Crippen LogP contribution in [0.15, 0.2) is 51.3 Å². The normalized spacial score (nSPS) is 15.1. The summed E-state index contributed by atoms with van der Waals surface area (Å²) in [4.78, 5) is 15.1. The maximum Gasteiger partial charge on any atom is 0.342 e. The van der Waals surface area contributed by atoms with Crippen LogP contribution >= 0.6 is 0 Å². The molecule has 0 radical (unpaired) electrons. The van der Waals surface area contributed by atoms with Gasteiger partial charge in [0, 0.05) is 10.9 Å². The van der Waals surface area contributed by atoms with Crippen molar-refractivity contribution >= 4 is 23.1 Å². The monoisotopic (exact) mass is 296 g/mol. The number of nitriles is 1. The van der Waals surface area contributed by atoms with Gasteiger partial charge in [-0.1, -0.05) is 30.1 Å². The van der Waals surface area contributed by atoms with E-state index in [-0.39, 0.29) is 11.3 Å². The molecule has 0 N–H and O–H groups in total. The van der Waals surface area contributed by atoms with Crippen molar-refractivity contribution in [3.8, 4) is 17.9 Å². The van der Waals surface area contributed by atoms with E-state index in [0.717, 1.165) is 11.1 Å². The Kier molecular flexibility index (Phi) is 3.63. The minimum atomic E-state index is -0.594. The largest absolute Gasteiger partial charge is 0.422 e. The zero-order chi connectivity index (χ0) is 16.2. The quantitative estimate of drug-likeness (QED) is 0.350. The van der Waals surface area contributed by atoms with E-state index in [4.69, 9.17) is 16.3 Å². The molecule has 0 fully saturated rings. The first-order valence-corrected chi connectivity index (χ1v) is 6.67. The molecule has 0 unspecified atom stereocenters. The number of hydrogen-bond acceptors (Lipinski definition) is 3. The Balaban J connectivity index is 2.25. The molecule has 4 nitrogen and oxygen atoms in total. The third-order valence-electron chi connectivity index (χ3n) is 3.23. The summed E-state index contributed by atoms with van der Waals surface area (Å²) >= 11 is 0. The standard InChI is InChI=1S/C19H8N2O2/c1-21-17(12-20)10-16-9-15-8-13-6-4-2-3-5-7-14(13)11-18(15)23-19(16)22/h2-4,6,8-11H/b3-2-,4-2?,6-4-,13-6?,17-10+. The van der Waals surface area contributed by atoms with Crippen LogP contribution in [0.1, 0.15) is 16.7 Å². The zero-order valence-corrected chi connectivity index (χ0v) is 11.8. The number of nitrogens with zero attached hydrogens (tertiary/aromatic N) is 2. The Morgan fingerprint density at radius 2 is 2.22 bits per heavy atom. The van der Waals surface area contributed by atoms with Gasteiger partial charge in [0.2, 0.25) is 0 Å². The van der Waals surface area contributed by atoms with Crippen molar-refractivity contribution in [2.45, 2.75) is 0 Å². The van der Waals surface area contributed by atoms with E-state index in [1.165, 1.54) is 6.08 Å². The van der Waals surface area contributed by atoms with E-state index in [0.29, 0.717) is 11.0 Å². The molecule has 0 atom stereocenters. The molecule has 23 heavy (non-hydrogen) atoms. The van der Waals surface area contributed by atoms with Crippen molar-refractivity contribution in [2.24, 2.45) is 0 Å². The summed E-state index contributed by atoms with van der Waals surface area (Å²) in [5.41, 5.74) is 1.50. The topological polar surface area (TPSA) is 58.4 Å². The predicted octanol–water partition coefficient (Wildman–Crippen LogP) is 3.51. The Morgan fingerprint density at radius 1 is 1.35 bits per heavy atom. The van der Waals surface area contributed by atoms with Crippen molar-refractivity contribution in [1.29, 1.82) is 5.26 Å². The van der Waals surface area contributed by atoms with Crippen molar-refractivity contribution < 1.29 is 4.42 Å². The Hall–Kier alpha value is -3.81. The third kappa shape index (κ3) is 2.81. The zero-order valence-electron chi connectivity index (χ0n) is 11.8. The first kappa shape index (κ1) is 14.1. The van der Waals surface area contributed by atoms with Gasteiger partial charge in [-0.2, -0.15) is 0 Å². The fourth-order valence-electron chi connectivity index (χ4n) is 2.17. The van der Waals surface area contributed by atoms with Crippen molar-refractivity contribution in [3.63, 3.8) is 0 Å². The maximum absolute atomic E-state index is 12.0. The number of benzene rings is 1. The first-order chi connectivity index (χ1) is 11.2. The molecular weight excluding hydrogens is 288 g/mol. The van der Waals surface area contributed by atoms with Crippen LogP contribution in [0, 0.1) is 29.7 Å². The summed E-state index contributed by atoms with van der Waals surface area (Å²) in [5, 5.41) is 9.51. The molecule has 1 aliphatic carbocycles. The fourth-order valence-corrected chi connectivity index (χ4v) is 2.17. The second-order valence-electron chi connectivity index (χ2n) is 4.71. The van der Waals surface area contributed by atoms with Gasteiger partial charge < -0.3 is 4.42 Å². The SMILES string of the molecule is [C-]#[N+]/C(C#N)=C/c1cc2cc3c(cc2oc1=O)C#C/C=C\C=C/3. The molecule has 1 aromatic carbocycles. The van der Waals surface area contributed by atoms with E-state index in [1.807, 2.05) is 24.3 Å². The van der Waals surface area contributed by atoms with E-state index in [9.17, 15) is 4.79 Å². The Morgan fingerprint density at radius 3 is 3.00 bits per heavy atom. The van der Waals surface area contributed by atoms with Crippen LogP contribution in [-0.4, -0.2) is 0 Å². The molecule has 0 saturated carbocycles. The van der Waals surface area contributed by atoms with E-state index < -0.39 is 5.63 Å². The van der Waals surface area contributed by atoms with Gasteiger partial charge in [-0.25, -0.2) is 14.9 Å². The van der Waals surface area contributed by atoms with Gasteiger partial charge in [-0.15, -0.1) is 0 Å². The van der Waals surface area contributed by atoms with E-state index in [2.05, 4.69) is 16.7 Å². The second kappa shape index (κ2) is 5.90. The van der Waals surface area contributed by atoms with Crippen LogP contribution < -0.4 is 5.63 Å². The van der Waals surface area contributed by atoms with Gasteiger partial charge in [0.25, 0.3) is 5.70 Å². The highest BCUT2D eigenvalue weighted by molar-refractivity contribution is 5.84. The van der Waals surface area contributed by atoms with Crippen molar-refractivity contribution in [1.82, 2.24) is 0 Å². The van der Waals surface area contributed by atoms with Crippen molar-refractivity contribution in [3.05, 3.63) is 80.7 Å². The highest BCUT2D eigenvalue weighted by Gasteiger charge is 2.08. The molecule has 1 aliphatic rings. The van der Waals surface area contributed by atoms with Gasteiger partial charge in [0.1, 0.15) is 5.58 Å². The van der Waals surface area contributed by atoms with Gasteiger partial charge in [0.15, 0.2) is 0 Å². The molecule has 1 aromatic heterocycles.